The van der Waals surface area contributed by atoms with Crippen LogP contribution in [0.4, 0.5) is 0 Å². The Labute approximate surface area is 154 Å². The number of rotatable bonds is 5. The summed E-state index contributed by atoms with van der Waals surface area (Å²) < 4.78 is 0. The van der Waals surface area contributed by atoms with Crippen LogP contribution in [0.2, 0.25) is 0 Å². The Hall–Kier alpha value is -2.24. The number of nitrogens with zero attached hydrogens (tertiary/aromatic N) is 5. The lowest BCUT2D eigenvalue weighted by Gasteiger charge is -2.26. The molecule has 1 atom stereocenters. The smallest absolute Gasteiger partial charge is 0.223 e. The van der Waals surface area contributed by atoms with E-state index in [2.05, 4.69) is 27.5 Å². The second-order valence-electron chi connectivity index (χ2n) is 7.62. The summed E-state index contributed by atoms with van der Waals surface area (Å²) in [5.74, 6) is 1.54. The fourth-order valence-corrected chi connectivity index (χ4v) is 4.29. The summed E-state index contributed by atoms with van der Waals surface area (Å²) >= 11 is 0. The van der Waals surface area contributed by atoms with Crippen molar-refractivity contribution in [2.45, 2.75) is 64.0 Å². The molecule has 2 aliphatic rings. The van der Waals surface area contributed by atoms with Gasteiger partial charge in [0, 0.05) is 13.0 Å². The summed E-state index contributed by atoms with van der Waals surface area (Å²) in [5.41, 5.74) is 1.15. The minimum Gasteiger partial charge on any atom is -0.332 e. The Morgan fingerprint density at radius 2 is 1.85 bits per heavy atom. The molecule has 1 saturated carbocycles. The largest absolute Gasteiger partial charge is 0.332 e. The van der Waals surface area contributed by atoms with Gasteiger partial charge in [0.25, 0.3) is 0 Å². The first-order chi connectivity index (χ1) is 12.8. The van der Waals surface area contributed by atoms with Gasteiger partial charge in [0.05, 0.1) is 12.6 Å². The van der Waals surface area contributed by atoms with Gasteiger partial charge in [-0.15, -0.1) is 10.2 Å². The second kappa shape index (κ2) is 7.98. The van der Waals surface area contributed by atoms with Gasteiger partial charge in [0.1, 0.15) is 0 Å². The Kier molecular flexibility index (Phi) is 5.27. The Morgan fingerprint density at radius 3 is 2.65 bits per heavy atom. The molecular formula is C20H27N5O. The van der Waals surface area contributed by atoms with Crippen LogP contribution in [0.1, 0.15) is 68.8 Å². The van der Waals surface area contributed by atoms with Gasteiger partial charge in [-0.2, -0.15) is 4.80 Å². The molecule has 2 aromatic rings. The molecule has 138 valence electrons. The van der Waals surface area contributed by atoms with Crippen LogP contribution >= 0.6 is 0 Å². The van der Waals surface area contributed by atoms with Crippen LogP contribution in [0.5, 0.6) is 0 Å². The van der Waals surface area contributed by atoms with E-state index >= 15 is 0 Å². The minimum absolute atomic E-state index is 0.00406. The maximum atomic E-state index is 12.8. The third-order valence-electron chi connectivity index (χ3n) is 5.69. The highest BCUT2D eigenvalue weighted by Gasteiger charge is 2.34. The standard InChI is InChI=1S/C20H27N5O/c26-19(14-16-8-3-1-4-9-16)24-13-7-12-18(24)20-21-23-25(22-20)15-17-10-5-2-6-11-17/h2,5-6,10-11,16,18H,1,3-4,7-9,12-15H2/t18-/m0/s1. The number of tetrazole rings is 1. The van der Waals surface area contributed by atoms with Crippen molar-refractivity contribution in [3.05, 3.63) is 41.7 Å². The molecule has 6 nitrogen and oxygen atoms in total. The third-order valence-corrected chi connectivity index (χ3v) is 5.69. The van der Waals surface area contributed by atoms with E-state index in [4.69, 9.17) is 0 Å². The molecule has 1 aromatic heterocycles. The molecule has 2 heterocycles. The number of aromatic nitrogens is 4. The number of hydrogen-bond donors (Lipinski definition) is 0. The van der Waals surface area contributed by atoms with Crippen LogP contribution in [0.3, 0.4) is 0 Å². The van der Waals surface area contributed by atoms with Gasteiger partial charge >= 0.3 is 0 Å². The van der Waals surface area contributed by atoms with Gasteiger partial charge in [0.15, 0.2) is 5.82 Å². The van der Waals surface area contributed by atoms with Crippen LogP contribution in [0.25, 0.3) is 0 Å². The summed E-state index contributed by atoms with van der Waals surface area (Å²) in [6, 6.07) is 10.1. The lowest BCUT2D eigenvalue weighted by atomic mass is 9.86. The van der Waals surface area contributed by atoms with Crippen molar-refractivity contribution in [3.8, 4) is 0 Å². The van der Waals surface area contributed by atoms with Gasteiger partial charge in [-0.1, -0.05) is 49.6 Å². The maximum Gasteiger partial charge on any atom is 0.223 e. The number of benzene rings is 1. The Balaban J connectivity index is 1.40. The van der Waals surface area contributed by atoms with Crippen molar-refractivity contribution in [1.82, 2.24) is 25.1 Å². The monoisotopic (exact) mass is 353 g/mol. The predicted molar refractivity (Wildman–Crippen MR) is 98.2 cm³/mol. The molecule has 1 saturated heterocycles. The van der Waals surface area contributed by atoms with Crippen molar-refractivity contribution in [3.63, 3.8) is 0 Å². The average Bonchev–Trinajstić information content (AvgIpc) is 3.32. The van der Waals surface area contributed by atoms with E-state index in [0.717, 1.165) is 24.9 Å². The summed E-state index contributed by atoms with van der Waals surface area (Å²) in [6.45, 7) is 1.43. The van der Waals surface area contributed by atoms with E-state index in [1.54, 1.807) is 4.80 Å². The lowest BCUT2D eigenvalue weighted by Crippen LogP contribution is -2.32. The van der Waals surface area contributed by atoms with E-state index < -0.39 is 0 Å². The van der Waals surface area contributed by atoms with E-state index in [-0.39, 0.29) is 11.9 Å². The zero-order valence-corrected chi connectivity index (χ0v) is 15.3. The number of hydrogen-bond acceptors (Lipinski definition) is 4. The first-order valence-electron chi connectivity index (χ1n) is 9.91. The maximum absolute atomic E-state index is 12.8. The van der Waals surface area contributed by atoms with Crippen molar-refractivity contribution < 1.29 is 4.79 Å². The number of amides is 1. The van der Waals surface area contributed by atoms with E-state index in [9.17, 15) is 4.79 Å². The van der Waals surface area contributed by atoms with Crippen LogP contribution < -0.4 is 0 Å². The quantitative estimate of drug-likeness (QED) is 0.827. The van der Waals surface area contributed by atoms with Gasteiger partial charge in [-0.05, 0) is 42.4 Å². The fraction of sp³-hybridized carbons (Fsp3) is 0.600. The SMILES string of the molecule is O=C(CC1CCCCC1)N1CCC[C@H]1c1nnn(Cc2ccccc2)n1. The molecular weight excluding hydrogens is 326 g/mol. The minimum atomic E-state index is -0.00406. The average molecular weight is 353 g/mol. The topological polar surface area (TPSA) is 63.9 Å². The Bertz CT molecular complexity index is 723. The third kappa shape index (κ3) is 3.94. The van der Waals surface area contributed by atoms with Gasteiger partial charge < -0.3 is 4.90 Å². The van der Waals surface area contributed by atoms with Gasteiger partial charge in [-0.25, -0.2) is 0 Å². The molecule has 0 N–H and O–H groups in total. The molecule has 0 unspecified atom stereocenters. The summed E-state index contributed by atoms with van der Waals surface area (Å²) in [4.78, 5) is 16.5. The molecule has 4 rings (SSSR count). The Morgan fingerprint density at radius 1 is 1.04 bits per heavy atom. The molecule has 0 bridgehead atoms. The van der Waals surface area contributed by atoms with Crippen LogP contribution in [-0.4, -0.2) is 37.6 Å². The van der Waals surface area contributed by atoms with Crippen molar-refractivity contribution in [2.75, 3.05) is 6.54 Å². The summed E-state index contributed by atoms with van der Waals surface area (Å²) in [7, 11) is 0. The number of likely N-dealkylation sites (tertiary alicyclic amines) is 1. The van der Waals surface area contributed by atoms with Crippen molar-refractivity contribution in [1.29, 1.82) is 0 Å². The molecule has 0 radical (unpaired) electrons. The van der Waals surface area contributed by atoms with E-state index in [1.165, 1.54) is 32.1 Å². The first-order valence-corrected chi connectivity index (χ1v) is 9.91. The lowest BCUT2D eigenvalue weighted by molar-refractivity contribution is -0.133. The molecule has 1 amide bonds. The zero-order chi connectivity index (χ0) is 17.8. The number of carbonyl (C=O) groups is 1. The molecule has 6 heteroatoms. The molecule has 26 heavy (non-hydrogen) atoms. The zero-order valence-electron chi connectivity index (χ0n) is 15.3. The summed E-state index contributed by atoms with van der Waals surface area (Å²) in [6.07, 6.45) is 8.93. The van der Waals surface area contributed by atoms with Gasteiger partial charge in [0.2, 0.25) is 5.91 Å². The molecule has 2 fully saturated rings. The molecule has 1 aliphatic carbocycles. The summed E-state index contributed by atoms with van der Waals surface area (Å²) in [5, 5.41) is 13.0. The van der Waals surface area contributed by atoms with E-state index in [0.29, 0.717) is 24.7 Å². The molecule has 1 aliphatic heterocycles. The highest BCUT2D eigenvalue weighted by atomic mass is 16.2. The van der Waals surface area contributed by atoms with Crippen LogP contribution in [-0.2, 0) is 11.3 Å². The fourth-order valence-electron chi connectivity index (χ4n) is 4.29. The van der Waals surface area contributed by atoms with E-state index in [1.807, 2.05) is 23.1 Å². The van der Waals surface area contributed by atoms with Crippen molar-refractivity contribution in [2.24, 2.45) is 5.92 Å². The van der Waals surface area contributed by atoms with Crippen LogP contribution in [0.15, 0.2) is 30.3 Å². The highest BCUT2D eigenvalue weighted by molar-refractivity contribution is 5.77. The first kappa shape index (κ1) is 17.2. The molecule has 0 spiro atoms. The van der Waals surface area contributed by atoms with Crippen LogP contribution in [0, 0.1) is 5.92 Å². The predicted octanol–water partition coefficient (Wildman–Crippen LogP) is 3.36. The number of carbonyl (C=O) groups excluding carboxylic acids is 1. The normalized spacial score (nSPS) is 21.2. The van der Waals surface area contributed by atoms with Crippen molar-refractivity contribution >= 4 is 5.91 Å². The molecule has 1 aromatic carbocycles. The van der Waals surface area contributed by atoms with Gasteiger partial charge in [-0.3, -0.25) is 4.79 Å². The highest BCUT2D eigenvalue weighted by Crippen LogP contribution is 2.33. The second-order valence-corrected chi connectivity index (χ2v) is 7.62.